The molecule has 23 heavy (non-hydrogen) atoms. The molecule has 0 heterocycles. The Morgan fingerprint density at radius 3 is 2.13 bits per heavy atom. The van der Waals surface area contributed by atoms with E-state index in [-0.39, 0.29) is 6.54 Å². The fraction of sp³-hybridized carbons (Fsp3) is 0.562. The molecule has 0 fully saturated rings. The number of nitrogens with one attached hydrogen (secondary N) is 1. The first-order valence-corrected chi connectivity index (χ1v) is 8.93. The Bertz CT molecular complexity index is 619. The summed E-state index contributed by atoms with van der Waals surface area (Å²) in [5, 5.41) is 12.0. The summed E-state index contributed by atoms with van der Waals surface area (Å²) in [5.41, 5.74) is 5.57. The van der Waals surface area contributed by atoms with Crippen LogP contribution in [0.15, 0.2) is 18.2 Å². The van der Waals surface area contributed by atoms with E-state index in [0.29, 0.717) is 16.7 Å². The predicted molar refractivity (Wildman–Crippen MR) is 93.9 cm³/mol. The first-order valence-electron chi connectivity index (χ1n) is 7.39. The fourth-order valence-corrected chi connectivity index (χ4v) is 4.08. The SMILES string of the molecule is CC(C)(C)OP(=O)(OC(C)(C)C)c1ccc(N)c(NCC#N)c1. The molecule has 3 N–H and O–H groups in total. The topological polar surface area (TPSA) is 97.4 Å². The predicted octanol–water partition coefficient (Wildman–Crippen LogP) is 3.65. The van der Waals surface area contributed by atoms with Gasteiger partial charge in [-0.3, -0.25) is 13.6 Å². The normalized spacial score (nSPS) is 12.7. The lowest BCUT2D eigenvalue weighted by atomic mass is 10.2. The van der Waals surface area contributed by atoms with Gasteiger partial charge in [0.1, 0.15) is 6.54 Å². The van der Waals surface area contributed by atoms with Crippen LogP contribution in [0.1, 0.15) is 41.5 Å². The first kappa shape index (κ1) is 19.5. The molecule has 0 aliphatic heterocycles. The van der Waals surface area contributed by atoms with Gasteiger partial charge in [-0.15, -0.1) is 0 Å². The molecule has 1 aromatic rings. The van der Waals surface area contributed by atoms with Crippen LogP contribution in [0.4, 0.5) is 11.4 Å². The van der Waals surface area contributed by atoms with Crippen LogP contribution in [0, 0.1) is 11.3 Å². The molecule has 0 unspecified atom stereocenters. The Morgan fingerprint density at radius 2 is 1.70 bits per heavy atom. The number of nitrogens with zero attached hydrogens (tertiary/aromatic N) is 1. The number of anilines is 2. The van der Waals surface area contributed by atoms with Gasteiger partial charge in [-0.1, -0.05) is 0 Å². The Hall–Kier alpha value is -1.54. The van der Waals surface area contributed by atoms with Gasteiger partial charge in [0.25, 0.3) is 0 Å². The highest BCUT2D eigenvalue weighted by Gasteiger charge is 2.37. The minimum atomic E-state index is -3.57. The van der Waals surface area contributed by atoms with Crippen molar-refractivity contribution in [3.8, 4) is 6.07 Å². The highest BCUT2D eigenvalue weighted by atomic mass is 31.2. The van der Waals surface area contributed by atoms with Crippen molar-refractivity contribution in [3.63, 3.8) is 0 Å². The molecule has 6 nitrogen and oxygen atoms in total. The third kappa shape index (κ3) is 6.23. The van der Waals surface area contributed by atoms with Crippen molar-refractivity contribution in [1.82, 2.24) is 0 Å². The zero-order chi connectivity index (χ0) is 17.9. The van der Waals surface area contributed by atoms with Gasteiger partial charge >= 0.3 is 7.60 Å². The van der Waals surface area contributed by atoms with Crippen molar-refractivity contribution < 1.29 is 13.6 Å². The molecule has 7 heteroatoms. The van der Waals surface area contributed by atoms with Crippen molar-refractivity contribution in [1.29, 1.82) is 5.26 Å². The second-order valence-electron chi connectivity index (χ2n) is 7.19. The monoisotopic (exact) mass is 339 g/mol. The van der Waals surface area contributed by atoms with Crippen molar-refractivity contribution in [2.24, 2.45) is 0 Å². The van der Waals surface area contributed by atoms with E-state index in [4.69, 9.17) is 20.0 Å². The van der Waals surface area contributed by atoms with Gasteiger partial charge in [-0.25, -0.2) is 0 Å². The number of nitrogen functional groups attached to an aromatic ring is 1. The average Bonchev–Trinajstić information content (AvgIpc) is 2.32. The van der Waals surface area contributed by atoms with E-state index < -0.39 is 18.8 Å². The highest BCUT2D eigenvalue weighted by molar-refractivity contribution is 7.62. The maximum atomic E-state index is 13.4. The van der Waals surface area contributed by atoms with Crippen LogP contribution in [0.5, 0.6) is 0 Å². The van der Waals surface area contributed by atoms with Crippen LogP contribution >= 0.6 is 7.60 Å². The summed E-state index contributed by atoms with van der Waals surface area (Å²) < 4.78 is 25.0. The average molecular weight is 339 g/mol. The first-order chi connectivity index (χ1) is 10.4. The molecule has 0 radical (unpaired) electrons. The quantitative estimate of drug-likeness (QED) is 0.483. The van der Waals surface area contributed by atoms with Gasteiger partial charge in [-0.05, 0) is 59.7 Å². The number of benzene rings is 1. The second-order valence-corrected chi connectivity index (χ2v) is 9.06. The summed E-state index contributed by atoms with van der Waals surface area (Å²) in [6, 6.07) is 6.85. The summed E-state index contributed by atoms with van der Waals surface area (Å²) >= 11 is 0. The molecule has 0 atom stereocenters. The maximum Gasteiger partial charge on any atom is 0.362 e. The smallest absolute Gasteiger partial charge is 0.362 e. The van der Waals surface area contributed by atoms with E-state index in [0.717, 1.165) is 0 Å². The minimum absolute atomic E-state index is 0.0954. The van der Waals surface area contributed by atoms with Gasteiger partial charge in [0.05, 0.1) is 34.0 Å². The summed E-state index contributed by atoms with van der Waals surface area (Å²) in [7, 11) is -3.57. The van der Waals surface area contributed by atoms with Crippen LogP contribution in [0.25, 0.3) is 0 Å². The summed E-state index contributed by atoms with van der Waals surface area (Å²) in [6.45, 7) is 11.0. The molecule has 0 aliphatic carbocycles. The summed E-state index contributed by atoms with van der Waals surface area (Å²) in [6.07, 6.45) is 0. The van der Waals surface area contributed by atoms with Crippen molar-refractivity contribution in [2.45, 2.75) is 52.7 Å². The molecule has 0 amide bonds. The van der Waals surface area contributed by atoms with Crippen molar-refractivity contribution >= 4 is 24.3 Å². The molecular formula is C16H26N3O3P. The Kier molecular flexibility index (Phi) is 5.87. The van der Waals surface area contributed by atoms with Gasteiger partial charge in [0, 0.05) is 0 Å². The lowest BCUT2D eigenvalue weighted by Crippen LogP contribution is -2.28. The molecule has 0 aliphatic rings. The van der Waals surface area contributed by atoms with Gasteiger partial charge < -0.3 is 11.1 Å². The lowest BCUT2D eigenvalue weighted by Gasteiger charge is -2.32. The van der Waals surface area contributed by atoms with E-state index in [1.165, 1.54) is 0 Å². The molecule has 0 bridgehead atoms. The summed E-state index contributed by atoms with van der Waals surface area (Å²) in [5.74, 6) is 0. The molecule has 1 aromatic carbocycles. The van der Waals surface area contributed by atoms with E-state index in [1.807, 2.05) is 47.6 Å². The number of hydrogen-bond acceptors (Lipinski definition) is 6. The number of rotatable bonds is 5. The number of hydrogen-bond donors (Lipinski definition) is 2. The van der Waals surface area contributed by atoms with Crippen molar-refractivity contribution in [2.75, 3.05) is 17.6 Å². The van der Waals surface area contributed by atoms with Crippen LogP contribution in [0.3, 0.4) is 0 Å². The van der Waals surface area contributed by atoms with E-state index in [9.17, 15) is 4.57 Å². The zero-order valence-corrected chi connectivity index (χ0v) is 15.5. The largest absolute Gasteiger partial charge is 0.397 e. The molecule has 0 spiro atoms. The van der Waals surface area contributed by atoms with Gasteiger partial charge in [0.2, 0.25) is 0 Å². The molecular weight excluding hydrogens is 313 g/mol. The van der Waals surface area contributed by atoms with Crippen LogP contribution in [-0.4, -0.2) is 17.7 Å². The lowest BCUT2D eigenvalue weighted by molar-refractivity contribution is 0.0548. The molecule has 0 saturated heterocycles. The standard InChI is InChI=1S/C16H26N3O3P/c1-15(2,3)21-23(20,22-16(4,5)6)12-7-8-13(18)14(11-12)19-10-9-17/h7-8,11,19H,10,18H2,1-6H3. The number of nitriles is 1. The molecule has 128 valence electrons. The van der Waals surface area contributed by atoms with Gasteiger partial charge in [-0.2, -0.15) is 5.26 Å². The highest BCUT2D eigenvalue weighted by Crippen LogP contribution is 2.53. The van der Waals surface area contributed by atoms with Crippen LogP contribution in [0.2, 0.25) is 0 Å². The van der Waals surface area contributed by atoms with Crippen molar-refractivity contribution in [3.05, 3.63) is 18.2 Å². The third-order valence-corrected chi connectivity index (χ3v) is 4.99. The second kappa shape index (κ2) is 6.92. The Balaban J connectivity index is 3.32. The molecule has 0 saturated carbocycles. The van der Waals surface area contributed by atoms with Crippen LogP contribution in [-0.2, 0) is 13.6 Å². The van der Waals surface area contributed by atoms with E-state index in [1.54, 1.807) is 18.2 Å². The summed E-state index contributed by atoms with van der Waals surface area (Å²) in [4.78, 5) is 0. The van der Waals surface area contributed by atoms with E-state index >= 15 is 0 Å². The molecule has 0 aromatic heterocycles. The minimum Gasteiger partial charge on any atom is -0.397 e. The molecule has 1 rings (SSSR count). The Labute approximate surface area is 138 Å². The number of nitrogens with two attached hydrogens (primary N) is 1. The fourth-order valence-electron chi connectivity index (χ4n) is 1.85. The van der Waals surface area contributed by atoms with Crippen LogP contribution < -0.4 is 16.4 Å². The third-order valence-electron chi connectivity index (χ3n) is 2.50. The Morgan fingerprint density at radius 1 is 1.17 bits per heavy atom. The van der Waals surface area contributed by atoms with Gasteiger partial charge in [0.15, 0.2) is 0 Å². The zero-order valence-electron chi connectivity index (χ0n) is 14.6. The van der Waals surface area contributed by atoms with E-state index in [2.05, 4.69) is 5.32 Å². The maximum absolute atomic E-state index is 13.4.